The van der Waals surface area contributed by atoms with Gasteiger partial charge in [-0.05, 0) is 19.3 Å². The minimum absolute atomic E-state index is 0.0769. The molecule has 3 N–H and O–H groups in total. The second-order valence-electron chi connectivity index (χ2n) is 2.41. The Hall–Kier alpha value is -0.120. The zero-order valence-electron chi connectivity index (χ0n) is 6.32. The van der Waals surface area contributed by atoms with Gasteiger partial charge in [-0.3, -0.25) is 0 Å². The van der Waals surface area contributed by atoms with Gasteiger partial charge in [-0.1, -0.05) is 6.92 Å². The lowest BCUT2D eigenvalue weighted by Gasteiger charge is -2.14. The summed E-state index contributed by atoms with van der Waals surface area (Å²) in [5.41, 5.74) is 0. The summed E-state index contributed by atoms with van der Waals surface area (Å²) in [4.78, 5) is 0. The molecule has 2 unspecified atom stereocenters. The first-order valence-electron chi connectivity index (χ1n) is 3.69. The minimum Gasteiger partial charge on any atom is -0.396 e. The second-order valence-corrected chi connectivity index (χ2v) is 2.41. The quantitative estimate of drug-likeness (QED) is 0.510. The lowest BCUT2D eigenvalue weighted by Crippen LogP contribution is -2.24. The largest absolute Gasteiger partial charge is 0.396 e. The smallest absolute Gasteiger partial charge is 0.0799 e. The van der Waals surface area contributed by atoms with Crippen LogP contribution in [0.25, 0.3) is 0 Å². The highest BCUT2D eigenvalue weighted by Crippen LogP contribution is 2.04. The Morgan fingerprint density at radius 2 is 1.80 bits per heavy atom. The van der Waals surface area contributed by atoms with Crippen molar-refractivity contribution in [3.05, 3.63) is 0 Å². The van der Waals surface area contributed by atoms with E-state index in [0.29, 0.717) is 19.3 Å². The first kappa shape index (κ1) is 9.88. The van der Waals surface area contributed by atoms with Gasteiger partial charge < -0.3 is 15.3 Å². The van der Waals surface area contributed by atoms with Gasteiger partial charge >= 0.3 is 0 Å². The van der Waals surface area contributed by atoms with Crippen LogP contribution in [0.1, 0.15) is 26.2 Å². The molecule has 0 aromatic carbocycles. The Morgan fingerprint density at radius 1 is 1.20 bits per heavy atom. The van der Waals surface area contributed by atoms with E-state index in [1.165, 1.54) is 0 Å². The molecule has 0 aliphatic heterocycles. The molecule has 0 saturated heterocycles. The van der Waals surface area contributed by atoms with Gasteiger partial charge in [0.15, 0.2) is 0 Å². The second kappa shape index (κ2) is 5.65. The number of hydrogen-bond acceptors (Lipinski definition) is 3. The van der Waals surface area contributed by atoms with Gasteiger partial charge in [0.25, 0.3) is 0 Å². The Bertz CT molecular complexity index is 75.3. The van der Waals surface area contributed by atoms with E-state index in [0.717, 1.165) is 0 Å². The third kappa shape index (κ3) is 3.82. The molecular weight excluding hydrogens is 132 g/mol. The van der Waals surface area contributed by atoms with Crippen LogP contribution in [0.2, 0.25) is 0 Å². The molecule has 0 aromatic rings. The van der Waals surface area contributed by atoms with E-state index in [2.05, 4.69) is 0 Å². The van der Waals surface area contributed by atoms with E-state index in [9.17, 15) is 0 Å². The lowest BCUT2D eigenvalue weighted by molar-refractivity contribution is 0.00936. The molecule has 0 radical (unpaired) electrons. The van der Waals surface area contributed by atoms with Crippen LogP contribution in [0.3, 0.4) is 0 Å². The number of aliphatic hydroxyl groups excluding tert-OH is 3. The van der Waals surface area contributed by atoms with Crippen LogP contribution in [-0.4, -0.2) is 34.1 Å². The monoisotopic (exact) mass is 148 g/mol. The van der Waals surface area contributed by atoms with E-state index in [4.69, 9.17) is 15.3 Å². The van der Waals surface area contributed by atoms with E-state index in [1.54, 1.807) is 0 Å². The Morgan fingerprint density at radius 3 is 2.20 bits per heavy atom. The van der Waals surface area contributed by atoms with Crippen molar-refractivity contribution in [3.8, 4) is 0 Å². The first-order chi connectivity index (χ1) is 4.72. The Labute approximate surface area is 61.3 Å². The fraction of sp³-hybridized carbons (Fsp3) is 1.00. The molecule has 62 valence electrons. The van der Waals surface area contributed by atoms with Crippen molar-refractivity contribution >= 4 is 0 Å². The molecule has 3 heteroatoms. The average molecular weight is 148 g/mol. The summed E-state index contributed by atoms with van der Waals surface area (Å²) in [7, 11) is 0. The predicted molar refractivity (Wildman–Crippen MR) is 38.6 cm³/mol. The van der Waals surface area contributed by atoms with Crippen LogP contribution in [0.15, 0.2) is 0 Å². The van der Waals surface area contributed by atoms with Crippen LogP contribution < -0.4 is 0 Å². The highest BCUT2D eigenvalue weighted by Gasteiger charge is 2.12. The number of hydrogen-bond donors (Lipinski definition) is 3. The van der Waals surface area contributed by atoms with Gasteiger partial charge in [-0.15, -0.1) is 0 Å². The molecule has 0 amide bonds. The van der Waals surface area contributed by atoms with E-state index < -0.39 is 12.2 Å². The fourth-order valence-corrected chi connectivity index (χ4v) is 0.765. The maximum absolute atomic E-state index is 9.09. The topological polar surface area (TPSA) is 60.7 Å². The van der Waals surface area contributed by atoms with Gasteiger partial charge in [0.2, 0.25) is 0 Å². The van der Waals surface area contributed by atoms with Gasteiger partial charge in [-0.25, -0.2) is 0 Å². The van der Waals surface area contributed by atoms with Gasteiger partial charge in [0.1, 0.15) is 0 Å². The average Bonchev–Trinajstić information content (AvgIpc) is 1.98. The Balaban J connectivity index is 3.31. The maximum atomic E-state index is 9.09. The SMILES string of the molecule is CCC(O)C(O)CCCO. The molecule has 0 rings (SSSR count). The van der Waals surface area contributed by atoms with Crippen molar-refractivity contribution in [1.82, 2.24) is 0 Å². The summed E-state index contributed by atoms with van der Waals surface area (Å²) < 4.78 is 0. The molecule has 0 heterocycles. The van der Waals surface area contributed by atoms with Crippen molar-refractivity contribution in [2.75, 3.05) is 6.61 Å². The maximum Gasteiger partial charge on any atom is 0.0799 e. The third-order valence-electron chi connectivity index (χ3n) is 1.52. The third-order valence-corrected chi connectivity index (χ3v) is 1.52. The molecule has 3 nitrogen and oxygen atoms in total. The van der Waals surface area contributed by atoms with Crippen LogP contribution in [-0.2, 0) is 0 Å². The summed E-state index contributed by atoms with van der Waals surface area (Å²) in [6.07, 6.45) is 0.291. The molecule has 0 fully saturated rings. The molecule has 0 aromatic heterocycles. The molecular formula is C7H16O3. The fourth-order valence-electron chi connectivity index (χ4n) is 0.765. The minimum atomic E-state index is -0.669. The van der Waals surface area contributed by atoms with Crippen molar-refractivity contribution in [3.63, 3.8) is 0 Å². The predicted octanol–water partition coefficient (Wildman–Crippen LogP) is -0.109. The summed E-state index contributed by atoms with van der Waals surface area (Å²) in [6.45, 7) is 1.89. The van der Waals surface area contributed by atoms with Crippen LogP contribution in [0.4, 0.5) is 0 Å². The molecule has 0 bridgehead atoms. The zero-order valence-corrected chi connectivity index (χ0v) is 6.32. The van der Waals surface area contributed by atoms with E-state index in [-0.39, 0.29) is 6.61 Å². The zero-order chi connectivity index (χ0) is 7.98. The molecule has 10 heavy (non-hydrogen) atoms. The van der Waals surface area contributed by atoms with Crippen LogP contribution in [0.5, 0.6) is 0 Å². The highest BCUT2D eigenvalue weighted by atomic mass is 16.3. The molecule has 0 spiro atoms. The standard InChI is InChI=1S/C7H16O3/c1-2-6(9)7(10)4-3-5-8/h6-10H,2-5H2,1H3. The highest BCUT2D eigenvalue weighted by molar-refractivity contribution is 4.64. The van der Waals surface area contributed by atoms with Crippen LogP contribution in [0, 0.1) is 0 Å². The van der Waals surface area contributed by atoms with Gasteiger partial charge in [0, 0.05) is 6.61 Å². The summed E-state index contributed by atoms with van der Waals surface area (Å²) in [5, 5.41) is 26.5. The van der Waals surface area contributed by atoms with Crippen LogP contribution >= 0.6 is 0 Å². The molecule has 0 aliphatic rings. The number of aliphatic hydroxyl groups is 3. The molecule has 0 aliphatic carbocycles. The van der Waals surface area contributed by atoms with Crippen molar-refractivity contribution in [1.29, 1.82) is 0 Å². The van der Waals surface area contributed by atoms with Crippen molar-refractivity contribution in [2.45, 2.75) is 38.4 Å². The van der Waals surface area contributed by atoms with Crippen molar-refractivity contribution < 1.29 is 15.3 Å². The molecule has 2 atom stereocenters. The van der Waals surface area contributed by atoms with E-state index >= 15 is 0 Å². The summed E-state index contributed by atoms with van der Waals surface area (Å²) in [5.74, 6) is 0. The normalized spacial score (nSPS) is 16.8. The summed E-state index contributed by atoms with van der Waals surface area (Å²) in [6, 6.07) is 0. The number of rotatable bonds is 5. The van der Waals surface area contributed by atoms with Gasteiger partial charge in [-0.2, -0.15) is 0 Å². The summed E-state index contributed by atoms with van der Waals surface area (Å²) >= 11 is 0. The molecule has 0 saturated carbocycles. The Kier molecular flexibility index (Phi) is 5.58. The van der Waals surface area contributed by atoms with Gasteiger partial charge in [0.05, 0.1) is 12.2 Å². The van der Waals surface area contributed by atoms with E-state index in [1.807, 2.05) is 6.92 Å². The lowest BCUT2D eigenvalue weighted by atomic mass is 10.1. The van der Waals surface area contributed by atoms with Crippen molar-refractivity contribution in [2.24, 2.45) is 0 Å². The first-order valence-corrected chi connectivity index (χ1v) is 3.69.